The highest BCUT2D eigenvalue weighted by molar-refractivity contribution is 6.02. The number of carbonyl (C=O) groups is 1. The van der Waals surface area contributed by atoms with Crippen molar-refractivity contribution in [3.63, 3.8) is 0 Å². The van der Waals surface area contributed by atoms with Crippen molar-refractivity contribution in [2.24, 2.45) is 0 Å². The van der Waals surface area contributed by atoms with Gasteiger partial charge in [0, 0.05) is 18.0 Å². The van der Waals surface area contributed by atoms with E-state index in [0.717, 1.165) is 0 Å². The first-order valence-corrected chi connectivity index (χ1v) is 5.21. The summed E-state index contributed by atoms with van der Waals surface area (Å²) in [7, 11) is 0. The first kappa shape index (κ1) is 11.0. The predicted octanol–water partition coefficient (Wildman–Crippen LogP) is 2.57. The van der Waals surface area contributed by atoms with Crippen LogP contribution in [0.4, 0.5) is 0 Å². The quantitative estimate of drug-likeness (QED) is 0.750. The van der Waals surface area contributed by atoms with Crippen LogP contribution in [0.15, 0.2) is 54.9 Å². The summed E-state index contributed by atoms with van der Waals surface area (Å²) in [6.07, 6.45) is 3.08. The Morgan fingerprint density at radius 1 is 1.18 bits per heavy atom. The first-order valence-electron chi connectivity index (χ1n) is 5.21. The van der Waals surface area contributed by atoms with E-state index < -0.39 is 5.92 Å². The number of hydrogen-bond donors (Lipinski definition) is 0. The number of nitrogens with zero attached hydrogens (tertiary/aromatic N) is 2. The highest BCUT2D eigenvalue weighted by Crippen LogP contribution is 2.19. The van der Waals surface area contributed by atoms with Crippen molar-refractivity contribution in [2.75, 3.05) is 0 Å². The summed E-state index contributed by atoms with van der Waals surface area (Å²) in [4.78, 5) is 16.0. The standard InChI is InChI=1S/C14H10N2O/c15-9-13(11-5-2-1-3-6-11)14(17)12-7-4-8-16-10-12/h1-8,10,13H. The van der Waals surface area contributed by atoms with E-state index in [1.165, 1.54) is 6.20 Å². The SMILES string of the molecule is N#CC(C(=O)c1cccnc1)c1ccccc1. The molecule has 1 aromatic heterocycles. The van der Waals surface area contributed by atoms with Gasteiger partial charge in [-0.15, -0.1) is 0 Å². The molecule has 82 valence electrons. The van der Waals surface area contributed by atoms with E-state index in [-0.39, 0.29) is 5.78 Å². The molecule has 2 rings (SSSR count). The Hall–Kier alpha value is -2.47. The van der Waals surface area contributed by atoms with Crippen molar-refractivity contribution in [3.05, 3.63) is 66.0 Å². The Morgan fingerprint density at radius 3 is 2.53 bits per heavy atom. The van der Waals surface area contributed by atoms with Crippen LogP contribution >= 0.6 is 0 Å². The molecule has 0 aliphatic carbocycles. The van der Waals surface area contributed by atoms with Crippen LogP contribution in [0.25, 0.3) is 0 Å². The molecule has 3 nitrogen and oxygen atoms in total. The van der Waals surface area contributed by atoms with Gasteiger partial charge in [-0.05, 0) is 17.7 Å². The fourth-order valence-corrected chi connectivity index (χ4v) is 1.61. The van der Waals surface area contributed by atoms with Gasteiger partial charge in [-0.25, -0.2) is 0 Å². The molecule has 0 N–H and O–H groups in total. The van der Waals surface area contributed by atoms with Crippen LogP contribution in [0.5, 0.6) is 0 Å². The molecule has 1 aromatic carbocycles. The molecule has 1 atom stereocenters. The van der Waals surface area contributed by atoms with Crippen LogP contribution in [-0.4, -0.2) is 10.8 Å². The van der Waals surface area contributed by atoms with Crippen molar-refractivity contribution in [1.82, 2.24) is 4.98 Å². The molecule has 2 aromatic rings. The third-order valence-electron chi connectivity index (χ3n) is 2.47. The van der Waals surface area contributed by atoms with Gasteiger partial charge >= 0.3 is 0 Å². The van der Waals surface area contributed by atoms with Gasteiger partial charge in [0.1, 0.15) is 5.92 Å². The van der Waals surface area contributed by atoms with E-state index in [9.17, 15) is 4.79 Å². The maximum Gasteiger partial charge on any atom is 0.185 e. The van der Waals surface area contributed by atoms with Gasteiger partial charge in [0.2, 0.25) is 0 Å². The van der Waals surface area contributed by atoms with Gasteiger partial charge in [-0.1, -0.05) is 30.3 Å². The Kier molecular flexibility index (Phi) is 3.27. The zero-order valence-corrected chi connectivity index (χ0v) is 9.08. The lowest BCUT2D eigenvalue weighted by molar-refractivity contribution is 0.0978. The minimum absolute atomic E-state index is 0.216. The van der Waals surface area contributed by atoms with Crippen molar-refractivity contribution < 1.29 is 4.79 Å². The fraction of sp³-hybridized carbons (Fsp3) is 0.0714. The number of aromatic nitrogens is 1. The average Bonchev–Trinajstić information content (AvgIpc) is 2.42. The second-order valence-electron chi connectivity index (χ2n) is 3.58. The van der Waals surface area contributed by atoms with Crippen LogP contribution in [-0.2, 0) is 0 Å². The lowest BCUT2D eigenvalue weighted by Gasteiger charge is -2.07. The molecule has 1 unspecified atom stereocenters. The number of nitriles is 1. The largest absolute Gasteiger partial charge is 0.292 e. The molecular weight excluding hydrogens is 212 g/mol. The minimum atomic E-state index is -0.764. The van der Waals surface area contributed by atoms with Gasteiger partial charge in [-0.3, -0.25) is 9.78 Å². The van der Waals surface area contributed by atoms with Crippen LogP contribution in [0.1, 0.15) is 21.8 Å². The molecular formula is C14H10N2O. The fourth-order valence-electron chi connectivity index (χ4n) is 1.61. The van der Waals surface area contributed by atoms with Crippen LogP contribution in [0.2, 0.25) is 0 Å². The molecule has 0 amide bonds. The van der Waals surface area contributed by atoms with Gasteiger partial charge in [0.15, 0.2) is 5.78 Å². The second-order valence-corrected chi connectivity index (χ2v) is 3.58. The topological polar surface area (TPSA) is 53.8 Å². The van der Waals surface area contributed by atoms with Gasteiger partial charge in [0.25, 0.3) is 0 Å². The van der Waals surface area contributed by atoms with Crippen LogP contribution in [0, 0.1) is 11.3 Å². The molecule has 0 bridgehead atoms. The summed E-state index contributed by atoms with van der Waals surface area (Å²) in [5, 5.41) is 9.12. The third kappa shape index (κ3) is 2.37. The molecule has 0 saturated carbocycles. The van der Waals surface area contributed by atoms with E-state index in [0.29, 0.717) is 11.1 Å². The maximum atomic E-state index is 12.1. The summed E-state index contributed by atoms with van der Waals surface area (Å²) in [6.45, 7) is 0. The normalized spacial score (nSPS) is 11.5. The highest BCUT2D eigenvalue weighted by atomic mass is 16.1. The molecule has 0 aliphatic rings. The summed E-state index contributed by atoms with van der Waals surface area (Å²) in [6, 6.07) is 14.4. The number of rotatable bonds is 3. The number of hydrogen-bond acceptors (Lipinski definition) is 3. The summed E-state index contributed by atoms with van der Waals surface area (Å²) < 4.78 is 0. The summed E-state index contributed by atoms with van der Waals surface area (Å²) >= 11 is 0. The molecule has 0 radical (unpaired) electrons. The number of Topliss-reactive ketones (excluding diaryl/α,β-unsaturated/α-hetero) is 1. The molecule has 0 fully saturated rings. The lowest BCUT2D eigenvalue weighted by atomic mass is 9.93. The van der Waals surface area contributed by atoms with Crippen molar-refractivity contribution in [1.29, 1.82) is 5.26 Å². The number of carbonyl (C=O) groups excluding carboxylic acids is 1. The number of ketones is 1. The van der Waals surface area contributed by atoms with E-state index in [4.69, 9.17) is 5.26 Å². The highest BCUT2D eigenvalue weighted by Gasteiger charge is 2.21. The van der Waals surface area contributed by atoms with E-state index in [1.807, 2.05) is 24.3 Å². The smallest absolute Gasteiger partial charge is 0.185 e. The van der Waals surface area contributed by atoms with Crippen molar-refractivity contribution in [2.45, 2.75) is 5.92 Å². The molecule has 17 heavy (non-hydrogen) atoms. The monoisotopic (exact) mass is 222 g/mol. The third-order valence-corrected chi connectivity index (χ3v) is 2.47. The number of benzene rings is 1. The Morgan fingerprint density at radius 2 is 1.94 bits per heavy atom. The molecule has 0 aliphatic heterocycles. The van der Waals surface area contributed by atoms with E-state index in [2.05, 4.69) is 4.98 Å². The summed E-state index contributed by atoms with van der Waals surface area (Å²) in [5.41, 5.74) is 1.17. The van der Waals surface area contributed by atoms with Crippen molar-refractivity contribution in [3.8, 4) is 6.07 Å². The average molecular weight is 222 g/mol. The zero-order valence-electron chi connectivity index (χ0n) is 9.08. The predicted molar refractivity (Wildman–Crippen MR) is 63.4 cm³/mol. The van der Waals surface area contributed by atoms with Gasteiger partial charge in [0.05, 0.1) is 6.07 Å². The molecule has 1 heterocycles. The van der Waals surface area contributed by atoms with Crippen LogP contribution in [0.3, 0.4) is 0 Å². The molecule has 3 heteroatoms. The minimum Gasteiger partial charge on any atom is -0.292 e. The lowest BCUT2D eigenvalue weighted by Crippen LogP contribution is -2.11. The Balaban J connectivity index is 2.33. The zero-order chi connectivity index (χ0) is 12.1. The maximum absolute atomic E-state index is 12.1. The second kappa shape index (κ2) is 5.04. The Labute approximate surface area is 99.4 Å². The van der Waals surface area contributed by atoms with Gasteiger partial charge < -0.3 is 0 Å². The van der Waals surface area contributed by atoms with Gasteiger partial charge in [-0.2, -0.15) is 5.26 Å². The molecule has 0 saturated heterocycles. The molecule has 0 spiro atoms. The number of pyridine rings is 1. The summed E-state index contributed by atoms with van der Waals surface area (Å²) in [5.74, 6) is -0.979. The van der Waals surface area contributed by atoms with Crippen molar-refractivity contribution >= 4 is 5.78 Å². The Bertz CT molecular complexity index is 543. The van der Waals surface area contributed by atoms with E-state index >= 15 is 0 Å². The van der Waals surface area contributed by atoms with E-state index in [1.54, 1.807) is 30.5 Å². The van der Waals surface area contributed by atoms with Crippen LogP contribution < -0.4 is 0 Å². The first-order chi connectivity index (χ1) is 8.33.